The normalized spacial score (nSPS) is 22.4. The van der Waals surface area contributed by atoms with Crippen LogP contribution in [0.2, 0.25) is 0 Å². The van der Waals surface area contributed by atoms with Gasteiger partial charge in [0.25, 0.3) is 0 Å². The van der Waals surface area contributed by atoms with Crippen LogP contribution in [0.15, 0.2) is 0 Å². The molecule has 0 amide bonds. The average Bonchev–Trinajstić information content (AvgIpc) is 2.83. The molecule has 1 saturated heterocycles. The van der Waals surface area contributed by atoms with Crippen molar-refractivity contribution >= 4 is 22.4 Å². The minimum atomic E-state index is -0.263. The Balaban J connectivity index is 2.14. The highest BCUT2D eigenvalue weighted by atomic mass is 32.1. The van der Waals surface area contributed by atoms with Gasteiger partial charge in [-0.25, -0.2) is 0 Å². The lowest BCUT2D eigenvalue weighted by Crippen LogP contribution is -2.23. The maximum Gasteiger partial charge on any atom is 0.197 e. The number of ether oxygens (including phenoxy) is 1. The van der Waals surface area contributed by atoms with Crippen LogP contribution in [0.5, 0.6) is 5.75 Å². The molecule has 0 radical (unpaired) electrons. The summed E-state index contributed by atoms with van der Waals surface area (Å²) in [5.41, 5.74) is 5.71. The number of rotatable bonds is 3. The summed E-state index contributed by atoms with van der Waals surface area (Å²) in [5.74, 6) is 1.44. The highest BCUT2D eigenvalue weighted by molar-refractivity contribution is 7.11. The molecule has 3 N–H and O–H groups in total. The van der Waals surface area contributed by atoms with Gasteiger partial charge in [0.2, 0.25) is 0 Å². The molecule has 0 saturated carbocycles. The number of nitrogen functional groups attached to an aromatic ring is 1. The summed E-state index contributed by atoms with van der Waals surface area (Å²) < 4.78 is 9.34. The molecule has 0 bridgehead atoms. The first-order valence-corrected chi connectivity index (χ1v) is 6.13. The average molecular weight is 243 g/mol. The Bertz CT molecular complexity index is 367. The van der Waals surface area contributed by atoms with Crippen molar-refractivity contribution in [3.05, 3.63) is 0 Å². The first-order valence-electron chi connectivity index (χ1n) is 5.35. The molecule has 1 aromatic rings. The highest BCUT2D eigenvalue weighted by Gasteiger charge is 2.29. The van der Waals surface area contributed by atoms with E-state index >= 15 is 0 Å². The molecule has 1 aromatic heterocycles. The molecule has 0 aromatic carbocycles. The van der Waals surface area contributed by atoms with Gasteiger partial charge in [-0.2, -0.15) is 4.37 Å². The molecular weight excluding hydrogens is 226 g/mol. The van der Waals surface area contributed by atoms with E-state index in [9.17, 15) is 5.11 Å². The van der Waals surface area contributed by atoms with Crippen molar-refractivity contribution in [2.45, 2.75) is 19.4 Å². The first kappa shape index (κ1) is 11.5. The van der Waals surface area contributed by atoms with Crippen LogP contribution in [0.1, 0.15) is 13.3 Å². The molecule has 16 heavy (non-hydrogen) atoms. The molecule has 6 heteroatoms. The van der Waals surface area contributed by atoms with Crippen LogP contribution in [-0.2, 0) is 0 Å². The van der Waals surface area contributed by atoms with E-state index in [1.807, 2.05) is 6.92 Å². The zero-order chi connectivity index (χ0) is 11.7. The number of nitrogens with two attached hydrogens (primary N) is 1. The number of aliphatic hydroxyl groups excluding tert-OH is 1. The van der Waals surface area contributed by atoms with Crippen molar-refractivity contribution in [1.82, 2.24) is 4.37 Å². The van der Waals surface area contributed by atoms with E-state index in [1.54, 1.807) is 7.11 Å². The van der Waals surface area contributed by atoms with Gasteiger partial charge in [-0.15, -0.1) is 0 Å². The largest absolute Gasteiger partial charge is 0.490 e. The van der Waals surface area contributed by atoms with E-state index < -0.39 is 0 Å². The van der Waals surface area contributed by atoms with Crippen molar-refractivity contribution in [2.24, 2.45) is 5.92 Å². The molecule has 0 aliphatic carbocycles. The lowest BCUT2D eigenvalue weighted by molar-refractivity contribution is 0.136. The quantitative estimate of drug-likeness (QED) is 0.826. The van der Waals surface area contributed by atoms with Gasteiger partial charge in [0.05, 0.1) is 13.2 Å². The maximum atomic E-state index is 9.55. The molecule has 1 aliphatic rings. The maximum absolute atomic E-state index is 9.55. The fourth-order valence-corrected chi connectivity index (χ4v) is 2.86. The van der Waals surface area contributed by atoms with Crippen LogP contribution in [0, 0.1) is 5.92 Å². The summed E-state index contributed by atoms with van der Waals surface area (Å²) in [4.78, 5) is 2.18. The summed E-state index contributed by atoms with van der Waals surface area (Å²) in [5, 5.41) is 10.5. The van der Waals surface area contributed by atoms with Crippen molar-refractivity contribution in [3.8, 4) is 5.75 Å². The molecule has 5 nitrogen and oxygen atoms in total. The highest BCUT2D eigenvalue weighted by Crippen LogP contribution is 2.40. The number of methoxy groups -OCH3 is 1. The smallest absolute Gasteiger partial charge is 0.197 e. The minimum absolute atomic E-state index is 0.263. The van der Waals surface area contributed by atoms with Crippen molar-refractivity contribution in [3.63, 3.8) is 0 Å². The second-order valence-corrected chi connectivity index (χ2v) is 4.89. The van der Waals surface area contributed by atoms with Gasteiger partial charge < -0.3 is 20.5 Å². The van der Waals surface area contributed by atoms with Gasteiger partial charge in [0.1, 0.15) is 0 Å². The SMILES string of the molecule is COc1c(N)nsc1N1CCC(C(C)O)C1. The molecule has 2 heterocycles. The Kier molecular flexibility index (Phi) is 3.20. The van der Waals surface area contributed by atoms with E-state index in [2.05, 4.69) is 9.27 Å². The van der Waals surface area contributed by atoms with Crippen molar-refractivity contribution in [1.29, 1.82) is 0 Å². The predicted octanol–water partition coefficient (Wildman–Crippen LogP) is 0.941. The minimum Gasteiger partial charge on any atom is -0.490 e. The third-order valence-corrected chi connectivity index (χ3v) is 3.96. The van der Waals surface area contributed by atoms with E-state index in [1.165, 1.54) is 11.5 Å². The zero-order valence-electron chi connectivity index (χ0n) is 9.51. The van der Waals surface area contributed by atoms with Crippen LogP contribution >= 0.6 is 11.5 Å². The van der Waals surface area contributed by atoms with Gasteiger partial charge in [0, 0.05) is 19.0 Å². The van der Waals surface area contributed by atoms with Gasteiger partial charge in [-0.1, -0.05) is 0 Å². The van der Waals surface area contributed by atoms with Gasteiger partial charge >= 0.3 is 0 Å². The number of hydrogen-bond donors (Lipinski definition) is 2. The summed E-state index contributed by atoms with van der Waals surface area (Å²) in [6, 6.07) is 0. The van der Waals surface area contributed by atoms with Crippen LogP contribution in [0.25, 0.3) is 0 Å². The van der Waals surface area contributed by atoms with Gasteiger partial charge in [-0.05, 0) is 24.9 Å². The van der Waals surface area contributed by atoms with Crippen molar-refractivity contribution < 1.29 is 9.84 Å². The van der Waals surface area contributed by atoms with E-state index in [0.29, 0.717) is 17.5 Å². The molecule has 1 aliphatic heterocycles. The van der Waals surface area contributed by atoms with Crippen LogP contribution in [0.3, 0.4) is 0 Å². The van der Waals surface area contributed by atoms with E-state index in [-0.39, 0.29) is 6.10 Å². The van der Waals surface area contributed by atoms with Crippen LogP contribution in [0.4, 0.5) is 10.8 Å². The molecule has 0 spiro atoms. The second kappa shape index (κ2) is 4.47. The zero-order valence-corrected chi connectivity index (χ0v) is 10.3. The third-order valence-electron chi connectivity index (χ3n) is 3.06. The molecule has 2 unspecified atom stereocenters. The lowest BCUT2D eigenvalue weighted by atomic mass is 10.0. The lowest BCUT2D eigenvalue weighted by Gasteiger charge is -2.18. The molecule has 2 rings (SSSR count). The summed E-state index contributed by atoms with van der Waals surface area (Å²) in [6.07, 6.45) is 0.736. The Morgan fingerprint density at radius 1 is 1.69 bits per heavy atom. The van der Waals surface area contributed by atoms with E-state index in [0.717, 1.165) is 24.5 Å². The summed E-state index contributed by atoms with van der Waals surface area (Å²) >= 11 is 1.36. The van der Waals surface area contributed by atoms with Gasteiger partial charge in [0.15, 0.2) is 16.6 Å². The standard InChI is InChI=1S/C10H17N3O2S/c1-6(14)7-3-4-13(5-7)10-8(15-2)9(11)12-16-10/h6-7,14H,3-5H2,1-2H3,(H2,11,12). The number of nitrogens with zero attached hydrogens (tertiary/aromatic N) is 2. The molecule has 1 fully saturated rings. The summed E-state index contributed by atoms with van der Waals surface area (Å²) in [7, 11) is 1.60. The number of aromatic nitrogens is 1. The number of aliphatic hydroxyl groups is 1. The monoisotopic (exact) mass is 243 g/mol. The topological polar surface area (TPSA) is 71.6 Å². The molecule has 2 atom stereocenters. The Hall–Kier alpha value is -1.01. The summed E-state index contributed by atoms with van der Waals surface area (Å²) in [6.45, 7) is 3.61. The van der Waals surface area contributed by atoms with Crippen LogP contribution < -0.4 is 15.4 Å². The fraction of sp³-hybridized carbons (Fsp3) is 0.700. The van der Waals surface area contributed by atoms with Gasteiger partial charge in [-0.3, -0.25) is 0 Å². The van der Waals surface area contributed by atoms with Crippen LogP contribution in [-0.4, -0.2) is 35.8 Å². The Morgan fingerprint density at radius 2 is 2.44 bits per heavy atom. The first-order chi connectivity index (χ1) is 7.63. The molecular formula is C10H17N3O2S. The fourth-order valence-electron chi connectivity index (χ4n) is 2.04. The number of anilines is 2. The number of hydrogen-bond acceptors (Lipinski definition) is 6. The second-order valence-electron chi connectivity index (χ2n) is 4.14. The Labute approximate surface area is 99.0 Å². The third kappa shape index (κ3) is 1.94. The Morgan fingerprint density at radius 3 is 3.00 bits per heavy atom. The van der Waals surface area contributed by atoms with Crippen molar-refractivity contribution in [2.75, 3.05) is 30.8 Å². The predicted molar refractivity (Wildman–Crippen MR) is 65.1 cm³/mol. The molecule has 90 valence electrons. The van der Waals surface area contributed by atoms with E-state index in [4.69, 9.17) is 10.5 Å².